The molecule has 2 aromatic rings. The molecule has 2 aromatic carbocycles. The van der Waals surface area contributed by atoms with Crippen LogP contribution in [0.4, 0.5) is 4.79 Å². The fraction of sp³-hybridized carbons (Fsp3) is 0.0556. The van der Waals surface area contributed by atoms with E-state index in [4.69, 9.17) is 0 Å². The number of rotatable bonds is 4. The van der Waals surface area contributed by atoms with Crippen molar-refractivity contribution in [2.75, 3.05) is 7.05 Å². The Bertz CT molecular complexity index is 651. The number of urea groups is 1. The molecule has 0 fully saturated rings. The first-order valence-electron chi connectivity index (χ1n) is 6.86. The van der Waals surface area contributed by atoms with Crippen LogP contribution in [-0.2, 0) is 4.79 Å². The van der Waals surface area contributed by atoms with Gasteiger partial charge in [0.1, 0.15) is 0 Å². The minimum absolute atomic E-state index is 0.386. The summed E-state index contributed by atoms with van der Waals surface area (Å²) in [7, 11) is 1.44. The Labute approximate surface area is 130 Å². The van der Waals surface area contributed by atoms with Gasteiger partial charge in [0.2, 0.25) is 0 Å². The third kappa shape index (κ3) is 4.59. The molecule has 0 saturated carbocycles. The first kappa shape index (κ1) is 15.5. The number of hydrogen-bond donors (Lipinski definition) is 1. The maximum Gasteiger partial charge on any atom is 0.324 e. The van der Waals surface area contributed by atoms with E-state index in [1.807, 2.05) is 60.7 Å². The summed E-state index contributed by atoms with van der Waals surface area (Å²) in [5, 5.41) is 2.59. The van der Waals surface area contributed by atoms with Crippen molar-refractivity contribution in [2.24, 2.45) is 0 Å². The van der Waals surface area contributed by atoms with Crippen LogP contribution in [0.15, 0.2) is 66.7 Å². The Morgan fingerprint density at radius 2 is 1.45 bits per heavy atom. The van der Waals surface area contributed by atoms with Crippen LogP contribution in [0.1, 0.15) is 11.1 Å². The fourth-order valence-electron chi connectivity index (χ4n) is 1.73. The van der Waals surface area contributed by atoms with E-state index in [2.05, 4.69) is 5.32 Å². The van der Waals surface area contributed by atoms with Gasteiger partial charge in [0.25, 0.3) is 5.91 Å². The van der Waals surface area contributed by atoms with E-state index in [-0.39, 0.29) is 5.91 Å². The first-order chi connectivity index (χ1) is 10.7. The number of imide groups is 1. The second-order valence-corrected chi connectivity index (χ2v) is 4.65. The zero-order valence-corrected chi connectivity index (χ0v) is 12.3. The monoisotopic (exact) mass is 293 g/mol. The Balaban J connectivity index is 1.87. The summed E-state index contributed by atoms with van der Waals surface area (Å²) in [5.74, 6) is -0.386. The van der Waals surface area contributed by atoms with Crippen molar-refractivity contribution in [3.8, 4) is 0 Å². The molecule has 0 bridgehead atoms. The van der Waals surface area contributed by atoms with E-state index in [0.717, 1.165) is 16.0 Å². The number of amides is 3. The fourth-order valence-corrected chi connectivity index (χ4v) is 1.73. The number of hydrogen-bond acceptors (Lipinski definition) is 2. The quantitative estimate of drug-likeness (QED) is 0.881. The first-order valence-corrected chi connectivity index (χ1v) is 6.86. The zero-order chi connectivity index (χ0) is 15.8. The smallest absolute Gasteiger partial charge is 0.324 e. The van der Waals surface area contributed by atoms with Crippen LogP contribution >= 0.6 is 0 Å². The van der Waals surface area contributed by atoms with Gasteiger partial charge in [-0.2, -0.15) is 0 Å². The molecule has 0 atom stereocenters. The number of likely N-dealkylation sites (N-methyl/N-ethyl adjacent to an activating group) is 1. The van der Waals surface area contributed by atoms with Gasteiger partial charge >= 0.3 is 6.03 Å². The second-order valence-electron chi connectivity index (χ2n) is 4.65. The third-order valence-corrected chi connectivity index (χ3v) is 3.02. The lowest BCUT2D eigenvalue weighted by Crippen LogP contribution is -2.39. The summed E-state index contributed by atoms with van der Waals surface area (Å²) < 4.78 is 0. The average molecular weight is 293 g/mol. The molecule has 22 heavy (non-hydrogen) atoms. The van der Waals surface area contributed by atoms with E-state index in [0.29, 0.717) is 0 Å². The lowest BCUT2D eigenvalue weighted by atomic mass is 10.2. The number of carbonyl (C=O) groups is 2. The van der Waals surface area contributed by atoms with Crippen LogP contribution in [0.3, 0.4) is 0 Å². The molecule has 4 nitrogen and oxygen atoms in total. The van der Waals surface area contributed by atoms with Crippen LogP contribution in [0.5, 0.6) is 0 Å². The summed E-state index contributed by atoms with van der Waals surface area (Å²) in [6.07, 6.45) is 3.05. The van der Waals surface area contributed by atoms with Crippen molar-refractivity contribution in [3.63, 3.8) is 0 Å². The molecule has 0 aliphatic rings. The number of nitrogens with zero attached hydrogens (tertiary/aromatic N) is 1. The predicted molar refractivity (Wildman–Crippen MR) is 86.6 cm³/mol. The van der Waals surface area contributed by atoms with Crippen molar-refractivity contribution >= 4 is 18.0 Å². The molecule has 111 valence electrons. The Morgan fingerprint density at radius 3 is 2.05 bits per heavy atom. The van der Waals surface area contributed by atoms with Crippen LogP contribution in [0.25, 0.3) is 6.08 Å². The average Bonchev–Trinajstić information content (AvgIpc) is 2.58. The molecule has 1 radical (unpaired) electrons. The maximum atomic E-state index is 11.9. The van der Waals surface area contributed by atoms with Gasteiger partial charge in [0.15, 0.2) is 0 Å². The molecule has 4 heteroatoms. The summed E-state index contributed by atoms with van der Waals surface area (Å²) >= 11 is 0. The number of nitrogens with one attached hydrogen (secondary N) is 1. The molecule has 0 unspecified atom stereocenters. The van der Waals surface area contributed by atoms with Gasteiger partial charge in [-0.3, -0.25) is 9.69 Å². The molecule has 2 rings (SSSR count). The second kappa shape index (κ2) is 7.78. The lowest BCUT2D eigenvalue weighted by molar-refractivity contribution is -0.122. The minimum atomic E-state index is -0.480. The van der Waals surface area contributed by atoms with E-state index in [9.17, 15) is 9.59 Å². The predicted octanol–water partition coefficient (Wildman–Crippen LogP) is 3.08. The Kier molecular flexibility index (Phi) is 5.49. The third-order valence-electron chi connectivity index (χ3n) is 3.02. The molecule has 0 aliphatic carbocycles. The standard InChI is InChI=1S/C18H17N2O2/c1-20(17(21)13-12-15-8-4-2-5-9-15)18(22)19-14-16-10-6-3-7-11-16/h2-14H,1H3,(H,19,22). The van der Waals surface area contributed by atoms with Gasteiger partial charge in [-0.05, 0) is 17.2 Å². The van der Waals surface area contributed by atoms with E-state index < -0.39 is 6.03 Å². The van der Waals surface area contributed by atoms with E-state index >= 15 is 0 Å². The van der Waals surface area contributed by atoms with E-state index in [1.165, 1.54) is 13.1 Å². The largest absolute Gasteiger partial charge is 0.328 e. The topological polar surface area (TPSA) is 49.4 Å². The van der Waals surface area contributed by atoms with Gasteiger partial charge < -0.3 is 5.32 Å². The van der Waals surface area contributed by atoms with E-state index in [1.54, 1.807) is 12.6 Å². The van der Waals surface area contributed by atoms with Crippen molar-refractivity contribution < 1.29 is 9.59 Å². The number of carbonyl (C=O) groups excluding carboxylic acids is 2. The Morgan fingerprint density at radius 1 is 0.909 bits per heavy atom. The van der Waals surface area contributed by atoms with Gasteiger partial charge in [0.05, 0.1) is 6.54 Å². The zero-order valence-electron chi connectivity index (χ0n) is 12.3. The molecule has 1 N–H and O–H groups in total. The molecule has 0 saturated heterocycles. The van der Waals surface area contributed by atoms with Crippen molar-refractivity contribution in [3.05, 3.63) is 84.4 Å². The van der Waals surface area contributed by atoms with Crippen molar-refractivity contribution in [2.45, 2.75) is 0 Å². The summed E-state index contributed by atoms with van der Waals surface area (Å²) in [4.78, 5) is 24.9. The van der Waals surface area contributed by atoms with Crippen LogP contribution in [-0.4, -0.2) is 23.9 Å². The van der Waals surface area contributed by atoms with Gasteiger partial charge in [-0.1, -0.05) is 60.7 Å². The van der Waals surface area contributed by atoms with Gasteiger partial charge in [0, 0.05) is 13.1 Å². The van der Waals surface area contributed by atoms with Crippen molar-refractivity contribution in [1.29, 1.82) is 0 Å². The molecule has 0 heterocycles. The SMILES string of the molecule is CN(C(=O)C=Cc1ccccc1)C(=O)N[CH]c1ccccc1. The molecule has 0 spiro atoms. The summed E-state index contributed by atoms with van der Waals surface area (Å²) in [6.45, 7) is 1.56. The van der Waals surface area contributed by atoms with Crippen molar-refractivity contribution in [1.82, 2.24) is 10.2 Å². The molecule has 3 amide bonds. The molecule has 0 aromatic heterocycles. The number of benzene rings is 2. The minimum Gasteiger partial charge on any atom is -0.328 e. The molecular weight excluding hydrogens is 276 g/mol. The summed E-state index contributed by atoms with van der Waals surface area (Å²) in [5.41, 5.74) is 1.76. The highest BCUT2D eigenvalue weighted by Crippen LogP contribution is 2.03. The van der Waals surface area contributed by atoms with Crippen LogP contribution in [0.2, 0.25) is 0 Å². The molecule has 0 aliphatic heterocycles. The maximum absolute atomic E-state index is 11.9. The molecular formula is C18H17N2O2. The van der Waals surface area contributed by atoms with Gasteiger partial charge in [-0.15, -0.1) is 0 Å². The van der Waals surface area contributed by atoms with Crippen LogP contribution < -0.4 is 5.32 Å². The Hall–Kier alpha value is -2.88. The van der Waals surface area contributed by atoms with Gasteiger partial charge in [-0.25, -0.2) is 4.79 Å². The summed E-state index contributed by atoms with van der Waals surface area (Å²) in [6, 6.07) is 18.3. The normalized spacial score (nSPS) is 10.4. The highest BCUT2D eigenvalue weighted by atomic mass is 16.2. The highest BCUT2D eigenvalue weighted by Gasteiger charge is 2.13. The highest BCUT2D eigenvalue weighted by molar-refractivity contribution is 6.02. The lowest BCUT2D eigenvalue weighted by Gasteiger charge is -2.14. The van der Waals surface area contributed by atoms with Crippen LogP contribution in [0, 0.1) is 6.54 Å².